The molecule has 5 heteroatoms. The predicted octanol–water partition coefficient (Wildman–Crippen LogP) is 2.18. The van der Waals surface area contributed by atoms with Gasteiger partial charge >= 0.3 is 0 Å². The molecule has 0 heterocycles. The number of phenolic OH excluding ortho intramolecular Hbond substituents is 1. The van der Waals surface area contributed by atoms with Crippen molar-refractivity contribution < 1.29 is 13.5 Å². The molecule has 100 valence electrons. The lowest BCUT2D eigenvalue weighted by molar-refractivity contribution is 0.473. The Morgan fingerprint density at radius 1 is 1.11 bits per heavy atom. The van der Waals surface area contributed by atoms with Gasteiger partial charge in [0.2, 0.25) is 10.0 Å². The average Bonchev–Trinajstić information content (AvgIpc) is 2.38. The SMILES string of the molecule is Cc1ccc(CNS(=O)(=O)c2cccc(O)c2)cc1. The lowest BCUT2D eigenvalue weighted by atomic mass is 10.2. The molecule has 4 nitrogen and oxygen atoms in total. The van der Waals surface area contributed by atoms with Gasteiger partial charge in [0.05, 0.1) is 4.90 Å². The highest BCUT2D eigenvalue weighted by molar-refractivity contribution is 7.89. The standard InChI is InChI=1S/C14H15NO3S/c1-11-5-7-12(8-6-11)10-15-19(17,18)14-4-2-3-13(16)9-14/h2-9,15-16H,10H2,1H3. The molecule has 2 rings (SSSR count). The van der Waals surface area contributed by atoms with Crippen LogP contribution in [0.2, 0.25) is 0 Å². The first-order valence-electron chi connectivity index (χ1n) is 5.82. The largest absolute Gasteiger partial charge is 0.508 e. The fraction of sp³-hybridized carbons (Fsp3) is 0.143. The van der Waals surface area contributed by atoms with Crippen molar-refractivity contribution in [1.29, 1.82) is 0 Å². The lowest BCUT2D eigenvalue weighted by Crippen LogP contribution is -2.23. The molecular formula is C14H15NO3S. The summed E-state index contributed by atoms with van der Waals surface area (Å²) < 4.78 is 26.5. The second-order valence-corrected chi connectivity index (χ2v) is 6.07. The van der Waals surface area contributed by atoms with E-state index in [0.29, 0.717) is 0 Å². The summed E-state index contributed by atoms with van der Waals surface area (Å²) in [6.07, 6.45) is 0. The number of hydrogen-bond donors (Lipinski definition) is 2. The molecule has 0 amide bonds. The van der Waals surface area contributed by atoms with Gasteiger partial charge in [0.25, 0.3) is 0 Å². The van der Waals surface area contributed by atoms with Gasteiger partial charge in [-0.2, -0.15) is 0 Å². The Labute approximate surface area is 112 Å². The van der Waals surface area contributed by atoms with Gasteiger partial charge in [-0.05, 0) is 30.7 Å². The highest BCUT2D eigenvalue weighted by Gasteiger charge is 2.13. The molecule has 0 fully saturated rings. The van der Waals surface area contributed by atoms with Gasteiger partial charge in [-0.15, -0.1) is 0 Å². The Morgan fingerprint density at radius 3 is 2.42 bits per heavy atom. The summed E-state index contributed by atoms with van der Waals surface area (Å²) in [5, 5.41) is 9.30. The molecule has 19 heavy (non-hydrogen) atoms. The van der Waals surface area contributed by atoms with Gasteiger partial charge in [0.1, 0.15) is 5.75 Å². The summed E-state index contributed by atoms with van der Waals surface area (Å²) >= 11 is 0. The van der Waals surface area contributed by atoms with Crippen LogP contribution in [0, 0.1) is 6.92 Å². The first-order valence-corrected chi connectivity index (χ1v) is 7.30. The summed E-state index contributed by atoms with van der Waals surface area (Å²) in [6, 6.07) is 13.2. The molecule has 2 aromatic rings. The minimum absolute atomic E-state index is 0.0552. The van der Waals surface area contributed by atoms with Crippen molar-refractivity contribution in [2.45, 2.75) is 18.4 Å². The third-order valence-electron chi connectivity index (χ3n) is 2.71. The normalized spacial score (nSPS) is 11.4. The third kappa shape index (κ3) is 3.56. The van der Waals surface area contributed by atoms with Gasteiger partial charge in [0, 0.05) is 6.54 Å². The van der Waals surface area contributed by atoms with Crippen molar-refractivity contribution in [3.05, 3.63) is 59.7 Å². The number of aromatic hydroxyl groups is 1. The van der Waals surface area contributed by atoms with Crippen molar-refractivity contribution in [3.63, 3.8) is 0 Å². The summed E-state index contributed by atoms with van der Waals surface area (Å²) in [6.45, 7) is 2.19. The van der Waals surface area contributed by atoms with E-state index in [2.05, 4.69) is 4.72 Å². The molecule has 0 saturated carbocycles. The third-order valence-corrected chi connectivity index (χ3v) is 4.11. The molecule has 0 unspecified atom stereocenters. The number of phenols is 1. The zero-order chi connectivity index (χ0) is 13.9. The zero-order valence-electron chi connectivity index (χ0n) is 10.5. The summed E-state index contributed by atoms with van der Waals surface area (Å²) in [4.78, 5) is 0.0552. The monoisotopic (exact) mass is 277 g/mol. The smallest absolute Gasteiger partial charge is 0.241 e. The van der Waals surface area contributed by atoms with Crippen LogP contribution in [0.1, 0.15) is 11.1 Å². The van der Waals surface area contributed by atoms with Crippen molar-refractivity contribution in [1.82, 2.24) is 4.72 Å². The Morgan fingerprint density at radius 2 is 1.79 bits per heavy atom. The van der Waals surface area contributed by atoms with E-state index in [-0.39, 0.29) is 17.2 Å². The van der Waals surface area contributed by atoms with Gasteiger partial charge in [-0.25, -0.2) is 13.1 Å². The van der Waals surface area contributed by atoms with E-state index >= 15 is 0 Å². The highest BCUT2D eigenvalue weighted by atomic mass is 32.2. The molecule has 0 atom stereocenters. The minimum Gasteiger partial charge on any atom is -0.508 e. The number of rotatable bonds is 4. The second-order valence-electron chi connectivity index (χ2n) is 4.31. The Bertz CT molecular complexity index is 663. The molecule has 2 N–H and O–H groups in total. The van der Waals surface area contributed by atoms with E-state index < -0.39 is 10.0 Å². The number of nitrogens with one attached hydrogen (secondary N) is 1. The van der Waals surface area contributed by atoms with E-state index in [4.69, 9.17) is 0 Å². The number of hydrogen-bond acceptors (Lipinski definition) is 3. The van der Waals surface area contributed by atoms with Gasteiger partial charge in [-0.1, -0.05) is 35.9 Å². The summed E-state index contributed by atoms with van der Waals surface area (Å²) in [5.74, 6) is -0.0711. The number of sulfonamides is 1. The van der Waals surface area contributed by atoms with Crippen molar-refractivity contribution in [2.24, 2.45) is 0 Å². The fourth-order valence-corrected chi connectivity index (χ4v) is 2.68. The van der Waals surface area contributed by atoms with Crippen LogP contribution in [0.25, 0.3) is 0 Å². The molecule has 0 bridgehead atoms. The van der Waals surface area contributed by atoms with Crippen molar-refractivity contribution in [3.8, 4) is 5.75 Å². The fourth-order valence-electron chi connectivity index (χ4n) is 1.62. The Hall–Kier alpha value is -1.85. The molecule has 0 aliphatic rings. The van der Waals surface area contributed by atoms with E-state index in [9.17, 15) is 13.5 Å². The predicted molar refractivity (Wildman–Crippen MR) is 73.3 cm³/mol. The van der Waals surface area contributed by atoms with Crippen molar-refractivity contribution in [2.75, 3.05) is 0 Å². The topological polar surface area (TPSA) is 66.4 Å². The van der Waals surface area contributed by atoms with Crippen LogP contribution in [-0.4, -0.2) is 13.5 Å². The van der Waals surface area contributed by atoms with Crippen LogP contribution in [0.4, 0.5) is 0 Å². The van der Waals surface area contributed by atoms with E-state index in [1.54, 1.807) is 0 Å². The maximum absolute atomic E-state index is 12.0. The van der Waals surface area contributed by atoms with Crippen LogP contribution < -0.4 is 4.72 Å². The van der Waals surface area contributed by atoms with Crippen LogP contribution in [0.5, 0.6) is 5.75 Å². The van der Waals surface area contributed by atoms with E-state index in [1.807, 2.05) is 31.2 Å². The maximum Gasteiger partial charge on any atom is 0.241 e. The van der Waals surface area contributed by atoms with Gasteiger partial charge in [-0.3, -0.25) is 0 Å². The van der Waals surface area contributed by atoms with Crippen LogP contribution in [0.3, 0.4) is 0 Å². The quantitative estimate of drug-likeness (QED) is 0.900. The summed E-state index contributed by atoms with van der Waals surface area (Å²) in [5.41, 5.74) is 2.01. The van der Waals surface area contributed by atoms with E-state index in [0.717, 1.165) is 11.1 Å². The molecule has 2 aromatic carbocycles. The zero-order valence-corrected chi connectivity index (χ0v) is 11.3. The lowest BCUT2D eigenvalue weighted by Gasteiger charge is -2.07. The van der Waals surface area contributed by atoms with Gasteiger partial charge < -0.3 is 5.11 Å². The maximum atomic E-state index is 12.0. The first-order chi connectivity index (χ1) is 8.97. The van der Waals surface area contributed by atoms with Crippen molar-refractivity contribution >= 4 is 10.0 Å². The van der Waals surface area contributed by atoms with Crippen LogP contribution in [-0.2, 0) is 16.6 Å². The van der Waals surface area contributed by atoms with Gasteiger partial charge in [0.15, 0.2) is 0 Å². The molecule has 0 spiro atoms. The Balaban J connectivity index is 2.12. The number of benzene rings is 2. The minimum atomic E-state index is -3.60. The molecule has 0 aliphatic heterocycles. The van der Waals surface area contributed by atoms with Crippen LogP contribution >= 0.6 is 0 Å². The molecule has 0 radical (unpaired) electrons. The molecule has 0 aromatic heterocycles. The average molecular weight is 277 g/mol. The molecule has 0 saturated heterocycles. The highest BCUT2D eigenvalue weighted by Crippen LogP contribution is 2.16. The first kappa shape index (κ1) is 13.6. The second kappa shape index (κ2) is 5.42. The van der Waals surface area contributed by atoms with E-state index in [1.165, 1.54) is 24.3 Å². The molecule has 0 aliphatic carbocycles. The Kier molecular flexibility index (Phi) is 3.87. The number of aryl methyl sites for hydroxylation is 1. The van der Waals surface area contributed by atoms with Crippen LogP contribution in [0.15, 0.2) is 53.4 Å². The molecular weight excluding hydrogens is 262 g/mol. The summed E-state index contributed by atoms with van der Waals surface area (Å²) in [7, 11) is -3.60.